The van der Waals surface area contributed by atoms with E-state index >= 15 is 0 Å². The Hall–Kier alpha value is -1.69. The Morgan fingerprint density at radius 2 is 1.78 bits per heavy atom. The molecule has 1 aromatic rings. The molecule has 3 aliphatic heterocycles. The molecule has 4 atom stereocenters. The minimum Gasteiger partial charge on any atom is -0.472 e. The summed E-state index contributed by atoms with van der Waals surface area (Å²) >= 11 is 0. The lowest BCUT2D eigenvalue weighted by Crippen LogP contribution is -2.56. The Bertz CT molecular complexity index is 789. The first-order chi connectivity index (χ1) is 13.0. The fourth-order valence-electron chi connectivity index (χ4n) is 3.09. The first kappa shape index (κ1) is 18.7. The van der Waals surface area contributed by atoms with Crippen LogP contribution in [0.25, 0.3) is 0 Å². The van der Waals surface area contributed by atoms with Crippen molar-refractivity contribution in [3.63, 3.8) is 0 Å². The summed E-state index contributed by atoms with van der Waals surface area (Å²) in [6.45, 7) is 1.92. The molecule has 2 fully saturated rings. The van der Waals surface area contributed by atoms with Crippen LogP contribution in [0.3, 0.4) is 0 Å². The van der Waals surface area contributed by atoms with Gasteiger partial charge in [0.25, 0.3) is 10.1 Å². The summed E-state index contributed by atoms with van der Waals surface area (Å²) in [5.74, 6) is 0.465. The number of benzene rings is 1. The van der Waals surface area contributed by atoms with Crippen LogP contribution in [0.15, 0.2) is 41.2 Å². The molecule has 0 aromatic heterocycles. The summed E-state index contributed by atoms with van der Waals surface area (Å²) in [7, 11) is -4.00. The molecule has 3 aliphatic rings. The van der Waals surface area contributed by atoms with E-state index in [1.165, 1.54) is 18.4 Å². The van der Waals surface area contributed by atoms with Crippen molar-refractivity contribution >= 4 is 10.1 Å². The maximum Gasteiger partial charge on any atom is 0.297 e. The fraction of sp³-hybridized carbons (Fsp3) is 0.529. The number of aryl methyl sites for hydroxylation is 1. The molecule has 0 amide bonds. The second-order valence-electron chi connectivity index (χ2n) is 6.31. The number of ether oxygens (including phenoxy) is 6. The van der Waals surface area contributed by atoms with Crippen molar-refractivity contribution < 1.29 is 41.0 Å². The Morgan fingerprint density at radius 1 is 1.00 bits per heavy atom. The first-order valence-electron chi connectivity index (χ1n) is 8.41. The minimum absolute atomic E-state index is 0.00189. The van der Waals surface area contributed by atoms with Crippen molar-refractivity contribution in [1.29, 1.82) is 0 Å². The van der Waals surface area contributed by atoms with E-state index in [0.717, 1.165) is 5.56 Å². The molecule has 4 unspecified atom stereocenters. The Labute approximate surface area is 156 Å². The molecule has 0 N–H and O–H groups in total. The number of rotatable bonds is 4. The molecule has 1 aromatic carbocycles. The monoisotopic (exact) mass is 400 g/mol. The predicted molar refractivity (Wildman–Crippen MR) is 88.7 cm³/mol. The fourth-order valence-corrected chi connectivity index (χ4v) is 4.16. The topological polar surface area (TPSA) is 98.8 Å². The van der Waals surface area contributed by atoms with Gasteiger partial charge < -0.3 is 28.4 Å². The molecule has 0 spiro atoms. The van der Waals surface area contributed by atoms with E-state index in [-0.39, 0.29) is 31.9 Å². The summed E-state index contributed by atoms with van der Waals surface area (Å²) in [6, 6.07) is 6.40. The molecule has 27 heavy (non-hydrogen) atoms. The van der Waals surface area contributed by atoms with Crippen LogP contribution in [-0.4, -0.2) is 59.8 Å². The number of hydrogen-bond donors (Lipinski definition) is 0. The molecule has 3 heterocycles. The van der Waals surface area contributed by atoms with Crippen LogP contribution in [0.4, 0.5) is 0 Å². The van der Waals surface area contributed by atoms with E-state index in [4.69, 9.17) is 32.6 Å². The summed E-state index contributed by atoms with van der Waals surface area (Å²) in [5.41, 5.74) is 0.947. The lowest BCUT2D eigenvalue weighted by Gasteiger charge is -2.42. The predicted octanol–water partition coefficient (Wildman–Crippen LogP) is 1.03. The van der Waals surface area contributed by atoms with Gasteiger partial charge in [-0.25, -0.2) is 0 Å². The van der Waals surface area contributed by atoms with Crippen LogP contribution < -0.4 is 0 Å². The third-order valence-electron chi connectivity index (χ3n) is 4.46. The van der Waals surface area contributed by atoms with Crippen LogP contribution in [0.2, 0.25) is 0 Å². The van der Waals surface area contributed by atoms with Crippen LogP contribution in [-0.2, 0) is 42.7 Å². The standard InChI is InChI=1S/C17H20O9S/c1-11-2-4-12(5-3-11)27(18,19)26-14-7-21-9-24-16(14)17-15-13(22-10-25-17)6-20-8-23-15/h2-6,14-17H,7-10H2,1H3. The highest BCUT2D eigenvalue weighted by Gasteiger charge is 2.47. The van der Waals surface area contributed by atoms with Gasteiger partial charge in [0.2, 0.25) is 0 Å². The molecule has 10 heteroatoms. The highest BCUT2D eigenvalue weighted by Crippen LogP contribution is 2.31. The van der Waals surface area contributed by atoms with E-state index in [1.54, 1.807) is 12.1 Å². The maximum absolute atomic E-state index is 12.7. The molecule has 4 rings (SSSR count). The third kappa shape index (κ3) is 3.96. The Kier molecular flexibility index (Phi) is 5.35. The largest absolute Gasteiger partial charge is 0.472 e. The summed E-state index contributed by atoms with van der Waals surface area (Å²) < 4.78 is 63.3. The molecular weight excluding hydrogens is 380 g/mol. The van der Waals surface area contributed by atoms with Gasteiger partial charge in [0, 0.05) is 0 Å². The van der Waals surface area contributed by atoms with Crippen molar-refractivity contribution in [3.05, 3.63) is 41.9 Å². The highest BCUT2D eigenvalue weighted by atomic mass is 32.2. The smallest absolute Gasteiger partial charge is 0.297 e. The van der Waals surface area contributed by atoms with E-state index in [1.807, 2.05) is 6.92 Å². The Morgan fingerprint density at radius 3 is 2.59 bits per heavy atom. The molecular formula is C17H20O9S. The molecule has 148 valence electrons. The van der Waals surface area contributed by atoms with Crippen LogP contribution in [0.5, 0.6) is 0 Å². The van der Waals surface area contributed by atoms with Crippen LogP contribution in [0.1, 0.15) is 5.56 Å². The lowest BCUT2D eigenvalue weighted by atomic mass is 10.0. The zero-order valence-corrected chi connectivity index (χ0v) is 15.4. The third-order valence-corrected chi connectivity index (χ3v) is 5.81. The van der Waals surface area contributed by atoms with E-state index in [2.05, 4.69) is 0 Å². The molecule has 9 nitrogen and oxygen atoms in total. The SMILES string of the molecule is Cc1ccc(S(=O)(=O)OC2COCOC2C2OCOC3=COCOC32)cc1. The van der Waals surface area contributed by atoms with Crippen molar-refractivity contribution in [1.82, 2.24) is 0 Å². The van der Waals surface area contributed by atoms with Gasteiger partial charge in [0.05, 0.1) is 11.5 Å². The van der Waals surface area contributed by atoms with Gasteiger partial charge in [0.1, 0.15) is 31.4 Å². The first-order valence-corrected chi connectivity index (χ1v) is 9.82. The summed E-state index contributed by atoms with van der Waals surface area (Å²) in [6.07, 6.45) is -1.38. The van der Waals surface area contributed by atoms with Gasteiger partial charge in [-0.15, -0.1) is 0 Å². The lowest BCUT2D eigenvalue weighted by molar-refractivity contribution is -0.278. The van der Waals surface area contributed by atoms with Gasteiger partial charge in [-0.2, -0.15) is 8.42 Å². The van der Waals surface area contributed by atoms with Crippen molar-refractivity contribution in [3.8, 4) is 0 Å². The van der Waals surface area contributed by atoms with Gasteiger partial charge in [0.15, 0.2) is 25.4 Å². The van der Waals surface area contributed by atoms with Gasteiger partial charge in [-0.3, -0.25) is 4.18 Å². The second-order valence-corrected chi connectivity index (χ2v) is 7.88. The van der Waals surface area contributed by atoms with Gasteiger partial charge >= 0.3 is 0 Å². The van der Waals surface area contributed by atoms with Crippen LogP contribution in [0, 0.1) is 6.92 Å². The molecule has 0 radical (unpaired) electrons. The van der Waals surface area contributed by atoms with Crippen LogP contribution >= 0.6 is 0 Å². The molecule has 2 saturated heterocycles. The quantitative estimate of drug-likeness (QED) is 0.686. The summed E-state index contributed by atoms with van der Waals surface area (Å²) in [4.78, 5) is 0.0632. The summed E-state index contributed by atoms with van der Waals surface area (Å²) in [5, 5.41) is 0. The average molecular weight is 400 g/mol. The number of hydrogen-bond acceptors (Lipinski definition) is 9. The number of fused-ring (bicyclic) bond motifs is 1. The zero-order chi connectivity index (χ0) is 18.9. The van der Waals surface area contributed by atoms with E-state index < -0.39 is 34.5 Å². The molecule has 0 saturated carbocycles. The maximum atomic E-state index is 12.7. The minimum atomic E-state index is -4.00. The second kappa shape index (κ2) is 7.74. The molecule has 0 bridgehead atoms. The van der Waals surface area contributed by atoms with E-state index in [9.17, 15) is 8.42 Å². The van der Waals surface area contributed by atoms with Gasteiger partial charge in [-0.1, -0.05) is 17.7 Å². The molecule has 0 aliphatic carbocycles. The van der Waals surface area contributed by atoms with Gasteiger partial charge in [-0.05, 0) is 19.1 Å². The van der Waals surface area contributed by atoms with Crippen molar-refractivity contribution in [2.24, 2.45) is 0 Å². The normalized spacial score (nSPS) is 31.2. The Balaban J connectivity index is 1.54. The highest BCUT2D eigenvalue weighted by molar-refractivity contribution is 7.86. The van der Waals surface area contributed by atoms with E-state index in [0.29, 0.717) is 5.76 Å². The zero-order valence-electron chi connectivity index (χ0n) is 14.6. The van der Waals surface area contributed by atoms with Crippen molar-refractivity contribution in [2.45, 2.75) is 36.2 Å². The van der Waals surface area contributed by atoms with Crippen molar-refractivity contribution in [2.75, 3.05) is 27.0 Å². The average Bonchev–Trinajstić information content (AvgIpc) is 2.68.